The number of carbonyl (C=O) groups is 1. The Morgan fingerprint density at radius 2 is 1.56 bits per heavy atom. The zero-order valence-corrected chi connectivity index (χ0v) is 13.5. The molecular weight excluding hydrogens is 319 g/mol. The third-order valence-corrected chi connectivity index (χ3v) is 3.80. The number of ether oxygens (including phenoxy) is 1. The summed E-state index contributed by atoms with van der Waals surface area (Å²) in [5, 5.41) is 9.04. The van der Waals surface area contributed by atoms with Crippen LogP contribution in [-0.4, -0.2) is 11.1 Å². The number of hydrogen-bond acceptors (Lipinski definition) is 2. The first kappa shape index (κ1) is 16.7. The summed E-state index contributed by atoms with van der Waals surface area (Å²) in [6.45, 7) is 0.211. The minimum atomic E-state index is -1.09. The van der Waals surface area contributed by atoms with Crippen molar-refractivity contribution in [2.45, 2.75) is 13.0 Å². The highest BCUT2D eigenvalue weighted by atomic mass is 19.1. The fourth-order valence-corrected chi connectivity index (χ4v) is 2.58. The Morgan fingerprint density at radius 3 is 2.20 bits per heavy atom. The fourth-order valence-electron chi connectivity index (χ4n) is 2.58. The highest BCUT2D eigenvalue weighted by Crippen LogP contribution is 2.30. The molecule has 3 nitrogen and oxygen atoms in total. The van der Waals surface area contributed by atoms with Crippen molar-refractivity contribution in [1.82, 2.24) is 0 Å². The van der Waals surface area contributed by atoms with Crippen LogP contribution in [0.15, 0.2) is 72.8 Å². The van der Waals surface area contributed by atoms with E-state index >= 15 is 0 Å². The predicted octanol–water partition coefficient (Wildman–Crippen LogP) is 4.70. The lowest BCUT2D eigenvalue weighted by Crippen LogP contribution is -2.05. The monoisotopic (exact) mass is 336 g/mol. The van der Waals surface area contributed by atoms with Gasteiger partial charge in [0, 0.05) is 5.56 Å². The van der Waals surface area contributed by atoms with Gasteiger partial charge in [0.15, 0.2) is 11.6 Å². The molecule has 0 saturated heterocycles. The fraction of sp³-hybridized carbons (Fsp3) is 0.0952. The Labute approximate surface area is 145 Å². The molecule has 3 rings (SSSR count). The van der Waals surface area contributed by atoms with E-state index in [4.69, 9.17) is 9.84 Å². The van der Waals surface area contributed by atoms with Gasteiger partial charge in [0.1, 0.15) is 6.61 Å². The van der Waals surface area contributed by atoms with Crippen LogP contribution >= 0.6 is 0 Å². The maximum Gasteiger partial charge on any atom is 0.307 e. The Bertz CT molecular complexity index is 861. The van der Waals surface area contributed by atoms with Crippen LogP contribution in [0.3, 0.4) is 0 Å². The van der Waals surface area contributed by atoms with E-state index in [1.807, 2.05) is 60.7 Å². The Balaban J connectivity index is 1.96. The van der Waals surface area contributed by atoms with E-state index in [0.717, 1.165) is 16.7 Å². The van der Waals surface area contributed by atoms with Crippen LogP contribution < -0.4 is 4.74 Å². The number of aliphatic carboxylic acids is 1. The highest BCUT2D eigenvalue weighted by molar-refractivity contribution is 5.73. The van der Waals surface area contributed by atoms with Gasteiger partial charge in [-0.25, -0.2) is 4.39 Å². The molecule has 4 heteroatoms. The van der Waals surface area contributed by atoms with Gasteiger partial charge in [-0.2, -0.15) is 0 Å². The third-order valence-electron chi connectivity index (χ3n) is 3.80. The zero-order valence-electron chi connectivity index (χ0n) is 13.5. The molecule has 0 atom stereocenters. The molecule has 0 fully saturated rings. The number of hydrogen-bond donors (Lipinski definition) is 1. The maximum absolute atomic E-state index is 14.6. The van der Waals surface area contributed by atoms with Crippen molar-refractivity contribution in [3.05, 3.63) is 89.7 Å². The summed E-state index contributed by atoms with van der Waals surface area (Å²) in [5.41, 5.74) is 2.61. The average Bonchev–Trinajstić information content (AvgIpc) is 2.63. The lowest BCUT2D eigenvalue weighted by atomic mass is 10.0. The van der Waals surface area contributed by atoms with Gasteiger partial charge in [-0.05, 0) is 28.8 Å². The largest absolute Gasteiger partial charge is 0.486 e. The number of carboxylic acid groups (broad SMARTS) is 1. The minimum absolute atomic E-state index is 0.0569. The number of halogens is 1. The second-order valence-electron chi connectivity index (χ2n) is 5.66. The van der Waals surface area contributed by atoms with E-state index in [1.165, 1.54) is 0 Å². The second kappa shape index (κ2) is 7.62. The summed E-state index contributed by atoms with van der Waals surface area (Å²) >= 11 is 0. The maximum atomic E-state index is 14.6. The van der Waals surface area contributed by atoms with E-state index in [0.29, 0.717) is 0 Å². The Kier molecular flexibility index (Phi) is 5.09. The van der Waals surface area contributed by atoms with Crippen molar-refractivity contribution in [2.75, 3.05) is 0 Å². The van der Waals surface area contributed by atoms with Crippen molar-refractivity contribution in [2.24, 2.45) is 0 Å². The van der Waals surface area contributed by atoms with Crippen LogP contribution in [0.1, 0.15) is 11.1 Å². The molecule has 0 amide bonds. The summed E-state index contributed by atoms with van der Waals surface area (Å²) < 4.78 is 20.3. The molecule has 0 aliphatic carbocycles. The molecule has 0 aliphatic heterocycles. The molecule has 126 valence electrons. The first-order valence-corrected chi connectivity index (χ1v) is 7.90. The summed E-state index contributed by atoms with van der Waals surface area (Å²) in [6.07, 6.45) is -0.395. The molecule has 3 aromatic carbocycles. The average molecular weight is 336 g/mol. The number of carboxylic acids is 1. The summed E-state index contributed by atoms with van der Waals surface area (Å²) in [4.78, 5) is 11.1. The van der Waals surface area contributed by atoms with Gasteiger partial charge in [0.05, 0.1) is 6.42 Å². The van der Waals surface area contributed by atoms with Crippen molar-refractivity contribution in [1.29, 1.82) is 0 Å². The Morgan fingerprint density at radius 1 is 0.920 bits per heavy atom. The van der Waals surface area contributed by atoms with Crippen LogP contribution in [0, 0.1) is 5.82 Å². The quantitative estimate of drug-likeness (QED) is 0.710. The predicted molar refractivity (Wildman–Crippen MR) is 93.9 cm³/mol. The third kappa shape index (κ3) is 4.23. The van der Waals surface area contributed by atoms with Gasteiger partial charge in [-0.3, -0.25) is 4.79 Å². The smallest absolute Gasteiger partial charge is 0.307 e. The van der Waals surface area contributed by atoms with Crippen LogP contribution in [0.2, 0.25) is 0 Å². The van der Waals surface area contributed by atoms with Gasteiger partial charge in [0.25, 0.3) is 0 Å². The molecule has 1 N–H and O–H groups in total. The normalized spacial score (nSPS) is 10.4. The molecule has 0 bridgehead atoms. The van der Waals surface area contributed by atoms with E-state index in [1.54, 1.807) is 12.1 Å². The van der Waals surface area contributed by atoms with Gasteiger partial charge < -0.3 is 9.84 Å². The zero-order chi connectivity index (χ0) is 17.6. The molecule has 3 aromatic rings. The summed E-state index contributed by atoms with van der Waals surface area (Å²) in [6, 6.07) is 22.0. The van der Waals surface area contributed by atoms with E-state index in [9.17, 15) is 9.18 Å². The molecule has 25 heavy (non-hydrogen) atoms. The lowest BCUT2D eigenvalue weighted by Gasteiger charge is -2.13. The van der Waals surface area contributed by atoms with Gasteiger partial charge in [-0.15, -0.1) is 0 Å². The molecule has 0 saturated carbocycles. The Hall–Kier alpha value is -3.14. The lowest BCUT2D eigenvalue weighted by molar-refractivity contribution is -0.136. The molecular formula is C21H17FO3. The molecule has 0 aliphatic rings. The molecule has 0 aromatic heterocycles. The van der Waals surface area contributed by atoms with E-state index in [2.05, 4.69) is 0 Å². The topological polar surface area (TPSA) is 46.5 Å². The van der Waals surface area contributed by atoms with Crippen LogP contribution in [-0.2, 0) is 17.8 Å². The minimum Gasteiger partial charge on any atom is -0.486 e. The SMILES string of the molecule is O=C(O)Cc1cc(-c2ccccc2)cc(OCc2ccccc2)c1F. The van der Waals surface area contributed by atoms with Gasteiger partial charge in [-0.1, -0.05) is 60.7 Å². The van der Waals surface area contributed by atoms with Crippen molar-refractivity contribution < 1.29 is 19.0 Å². The summed E-state index contributed by atoms with van der Waals surface area (Å²) in [5.74, 6) is -1.66. The first-order chi connectivity index (χ1) is 12.1. The van der Waals surface area contributed by atoms with Crippen molar-refractivity contribution in [3.8, 4) is 16.9 Å². The van der Waals surface area contributed by atoms with Gasteiger partial charge >= 0.3 is 5.97 Å². The van der Waals surface area contributed by atoms with Crippen LogP contribution in [0.4, 0.5) is 4.39 Å². The van der Waals surface area contributed by atoms with Gasteiger partial charge in [0.2, 0.25) is 0 Å². The number of rotatable bonds is 6. The second-order valence-corrected chi connectivity index (χ2v) is 5.66. The van der Waals surface area contributed by atoms with Crippen molar-refractivity contribution in [3.63, 3.8) is 0 Å². The first-order valence-electron chi connectivity index (χ1n) is 7.90. The van der Waals surface area contributed by atoms with Crippen LogP contribution in [0.25, 0.3) is 11.1 Å². The van der Waals surface area contributed by atoms with E-state index < -0.39 is 18.2 Å². The standard InChI is InChI=1S/C21H17FO3/c22-21-18(13-20(23)24)11-17(16-9-5-2-6-10-16)12-19(21)25-14-15-7-3-1-4-8-15/h1-12H,13-14H2,(H,23,24). The summed E-state index contributed by atoms with van der Waals surface area (Å²) in [7, 11) is 0. The van der Waals surface area contributed by atoms with E-state index in [-0.39, 0.29) is 17.9 Å². The van der Waals surface area contributed by atoms with Crippen molar-refractivity contribution >= 4 is 5.97 Å². The number of benzene rings is 3. The molecule has 0 radical (unpaired) electrons. The highest BCUT2D eigenvalue weighted by Gasteiger charge is 2.15. The molecule has 0 spiro atoms. The van der Waals surface area contributed by atoms with Crippen LogP contribution in [0.5, 0.6) is 5.75 Å². The molecule has 0 heterocycles. The molecule has 0 unspecified atom stereocenters.